The molecule has 1 aromatic heterocycles. The van der Waals surface area contributed by atoms with Gasteiger partial charge in [-0.2, -0.15) is 5.26 Å². The minimum atomic E-state index is -0.660. The van der Waals surface area contributed by atoms with Gasteiger partial charge in [0.05, 0.1) is 33.9 Å². The average molecular weight is 580 g/mol. The number of nitriles is 1. The third kappa shape index (κ3) is 5.42. The van der Waals surface area contributed by atoms with Crippen molar-refractivity contribution in [2.45, 2.75) is 44.3 Å². The second-order valence-corrected chi connectivity index (χ2v) is 11.3. The van der Waals surface area contributed by atoms with E-state index in [0.29, 0.717) is 17.4 Å². The number of amides is 1. The zero-order valence-electron chi connectivity index (χ0n) is 22.1. The normalized spacial score (nSPS) is 17.0. The van der Waals surface area contributed by atoms with E-state index in [1.165, 1.54) is 0 Å². The summed E-state index contributed by atoms with van der Waals surface area (Å²) in [5, 5.41) is 12.5. The predicted octanol–water partition coefficient (Wildman–Crippen LogP) is 7.55. The number of rotatable bonds is 7. The van der Waals surface area contributed by atoms with Crippen LogP contribution in [0.1, 0.15) is 46.5 Å². The molecule has 1 fully saturated rings. The van der Waals surface area contributed by atoms with Crippen LogP contribution in [-0.2, 0) is 6.54 Å². The lowest BCUT2D eigenvalue weighted by molar-refractivity contribution is 0.0604. The number of halogens is 3. The van der Waals surface area contributed by atoms with E-state index in [9.17, 15) is 18.8 Å². The summed E-state index contributed by atoms with van der Waals surface area (Å²) < 4.78 is 34.9. The Bertz CT molecular complexity index is 1610. The van der Waals surface area contributed by atoms with Crippen LogP contribution in [0, 0.1) is 23.0 Å². The molecule has 4 aromatic rings. The maximum Gasteiger partial charge on any atom is 0.266 e. The number of fused-ring (bicyclic) bond motifs is 1. The third-order valence-corrected chi connectivity index (χ3v) is 9.30. The number of carbonyl (C=O) groups is 1. The highest BCUT2D eigenvalue weighted by Gasteiger charge is 2.33. The van der Waals surface area contributed by atoms with Crippen molar-refractivity contribution in [3.63, 3.8) is 0 Å². The lowest BCUT2D eigenvalue weighted by Crippen LogP contribution is -2.44. The minimum absolute atomic E-state index is 0.0316. The second-order valence-electron chi connectivity index (χ2n) is 9.92. The Labute approximate surface area is 240 Å². The molecule has 1 aliphatic rings. The van der Waals surface area contributed by atoms with E-state index in [4.69, 9.17) is 16.3 Å². The maximum atomic E-state index is 14.6. The van der Waals surface area contributed by atoms with Crippen molar-refractivity contribution in [1.82, 2.24) is 10.2 Å². The van der Waals surface area contributed by atoms with E-state index in [2.05, 4.69) is 11.4 Å². The van der Waals surface area contributed by atoms with Gasteiger partial charge in [-0.1, -0.05) is 29.8 Å². The number of nitrogens with zero attached hydrogens (tertiary/aromatic N) is 2. The molecular formula is C31H28ClF2N3O2S. The molecule has 1 saturated carbocycles. The topological polar surface area (TPSA) is 65.4 Å². The van der Waals surface area contributed by atoms with Crippen LogP contribution in [0.2, 0.25) is 5.02 Å². The van der Waals surface area contributed by atoms with Crippen molar-refractivity contribution in [3.05, 3.63) is 87.3 Å². The fraction of sp³-hybridized carbons (Fsp3) is 0.290. The predicted molar refractivity (Wildman–Crippen MR) is 155 cm³/mol. The van der Waals surface area contributed by atoms with Crippen molar-refractivity contribution in [1.29, 1.82) is 5.26 Å². The molecule has 40 heavy (non-hydrogen) atoms. The van der Waals surface area contributed by atoms with Crippen molar-refractivity contribution in [2.75, 3.05) is 14.2 Å². The van der Waals surface area contributed by atoms with Crippen LogP contribution in [0.25, 0.3) is 21.2 Å². The third-order valence-electron chi connectivity index (χ3n) is 7.63. The Morgan fingerprint density at radius 2 is 1.82 bits per heavy atom. The van der Waals surface area contributed by atoms with E-state index in [-0.39, 0.29) is 38.5 Å². The van der Waals surface area contributed by atoms with Gasteiger partial charge < -0.3 is 15.0 Å². The molecule has 206 valence electrons. The van der Waals surface area contributed by atoms with Crippen LogP contribution < -0.4 is 10.1 Å². The lowest BCUT2D eigenvalue weighted by Gasteiger charge is -2.37. The highest BCUT2D eigenvalue weighted by molar-refractivity contribution is 7.21. The van der Waals surface area contributed by atoms with Crippen molar-refractivity contribution < 1.29 is 18.3 Å². The van der Waals surface area contributed by atoms with Crippen LogP contribution in [-0.4, -0.2) is 37.0 Å². The molecule has 5 nitrogen and oxygen atoms in total. The summed E-state index contributed by atoms with van der Waals surface area (Å²) in [7, 11) is 3.51. The van der Waals surface area contributed by atoms with Gasteiger partial charge in [-0.25, -0.2) is 8.78 Å². The minimum Gasteiger partial charge on any atom is -0.496 e. The van der Waals surface area contributed by atoms with Crippen LogP contribution >= 0.6 is 22.9 Å². The quantitative estimate of drug-likeness (QED) is 0.245. The van der Waals surface area contributed by atoms with E-state index in [1.54, 1.807) is 18.1 Å². The van der Waals surface area contributed by atoms with Crippen molar-refractivity contribution in [3.8, 4) is 22.9 Å². The van der Waals surface area contributed by atoms with E-state index in [1.807, 2.05) is 43.4 Å². The lowest BCUT2D eigenvalue weighted by atomic mass is 9.89. The number of methoxy groups -OCH3 is 1. The van der Waals surface area contributed by atoms with Crippen molar-refractivity contribution in [2.24, 2.45) is 0 Å². The molecule has 0 atom stereocenters. The molecule has 1 N–H and O–H groups in total. The number of benzene rings is 3. The molecule has 1 amide bonds. The highest BCUT2D eigenvalue weighted by atomic mass is 35.5. The first-order valence-corrected chi connectivity index (χ1v) is 14.3. The Hall–Kier alpha value is -3.51. The summed E-state index contributed by atoms with van der Waals surface area (Å²) in [6, 6.07) is 17.6. The Morgan fingerprint density at radius 1 is 1.10 bits per heavy atom. The van der Waals surface area contributed by atoms with Gasteiger partial charge in [0.25, 0.3) is 5.91 Å². The van der Waals surface area contributed by atoms with E-state index in [0.717, 1.165) is 65.8 Å². The molecule has 0 unspecified atom stereocenters. The van der Waals surface area contributed by atoms with Gasteiger partial charge >= 0.3 is 0 Å². The maximum absolute atomic E-state index is 14.6. The zero-order valence-corrected chi connectivity index (χ0v) is 23.7. The van der Waals surface area contributed by atoms with Gasteiger partial charge in [0.2, 0.25) is 0 Å². The molecule has 0 spiro atoms. The molecule has 0 radical (unpaired) electrons. The standard InChI is InChI=1S/C31H28ClF2N3O2S/c1-36-22-7-9-23(10-8-22)37(31(38)30-28(32)27-24(33)11-12-25(34)29(27)40-30)17-21-15-20(6-13-26(21)39-2)19-5-3-4-18(14-19)16-35/h3-6,11-15,22-23,36H,7-10,17H2,1-2H3. The summed E-state index contributed by atoms with van der Waals surface area (Å²) in [6.45, 7) is 0.220. The van der Waals surface area contributed by atoms with Crippen molar-refractivity contribution >= 4 is 38.9 Å². The molecule has 9 heteroatoms. The second kappa shape index (κ2) is 11.9. The molecule has 1 aliphatic carbocycles. The first kappa shape index (κ1) is 28.0. The van der Waals surface area contributed by atoms with Gasteiger partial charge in [0.1, 0.15) is 22.3 Å². The summed E-state index contributed by atoms with van der Waals surface area (Å²) in [6.07, 6.45) is 3.34. The van der Waals surface area contributed by atoms with E-state index >= 15 is 0 Å². The van der Waals surface area contributed by atoms with Gasteiger partial charge in [-0.15, -0.1) is 11.3 Å². The summed E-state index contributed by atoms with van der Waals surface area (Å²) in [5.41, 5.74) is 3.07. The van der Waals surface area contributed by atoms with Crippen LogP contribution in [0.15, 0.2) is 54.6 Å². The summed E-state index contributed by atoms with van der Waals surface area (Å²) in [5.74, 6) is -1.03. The highest BCUT2D eigenvalue weighted by Crippen LogP contribution is 2.40. The van der Waals surface area contributed by atoms with Crippen LogP contribution in [0.5, 0.6) is 5.75 Å². The molecule has 5 rings (SSSR count). The van der Waals surface area contributed by atoms with Gasteiger partial charge in [-0.05, 0) is 80.3 Å². The Kier molecular flexibility index (Phi) is 8.36. The molecule has 3 aromatic carbocycles. The van der Waals surface area contributed by atoms with E-state index < -0.39 is 11.6 Å². The Balaban J connectivity index is 1.56. The summed E-state index contributed by atoms with van der Waals surface area (Å²) >= 11 is 7.43. The number of nitrogens with one attached hydrogen (secondary N) is 1. The number of thiophene rings is 1. The SMILES string of the molecule is CNC1CCC(N(Cc2cc(-c3cccc(C#N)c3)ccc2OC)C(=O)c2sc3c(F)ccc(F)c3c2Cl)CC1. The fourth-order valence-electron chi connectivity index (χ4n) is 5.44. The number of hydrogen-bond donors (Lipinski definition) is 1. The van der Waals surface area contributed by atoms with Gasteiger partial charge in [-0.3, -0.25) is 4.79 Å². The molecule has 1 heterocycles. The van der Waals surface area contributed by atoms with Gasteiger partial charge in [0, 0.05) is 24.2 Å². The largest absolute Gasteiger partial charge is 0.496 e. The number of ether oxygens (including phenoxy) is 1. The first-order valence-electron chi connectivity index (χ1n) is 13.1. The van der Waals surface area contributed by atoms with Crippen LogP contribution in [0.4, 0.5) is 8.78 Å². The molecule has 0 saturated heterocycles. The van der Waals surface area contributed by atoms with Crippen LogP contribution in [0.3, 0.4) is 0 Å². The molecule has 0 aliphatic heterocycles. The Morgan fingerprint density at radius 3 is 2.50 bits per heavy atom. The smallest absolute Gasteiger partial charge is 0.266 e. The zero-order chi connectivity index (χ0) is 28.4. The monoisotopic (exact) mass is 579 g/mol. The van der Waals surface area contributed by atoms with Gasteiger partial charge in [0.15, 0.2) is 0 Å². The fourth-order valence-corrected chi connectivity index (χ4v) is 6.95. The average Bonchev–Trinajstić information content (AvgIpc) is 3.35. The number of hydrogen-bond acceptors (Lipinski definition) is 5. The molecule has 0 bridgehead atoms. The first-order chi connectivity index (χ1) is 19.3. The molecular weight excluding hydrogens is 552 g/mol. The summed E-state index contributed by atoms with van der Waals surface area (Å²) in [4.78, 5) is 16.1. The number of carbonyl (C=O) groups excluding carboxylic acids is 1.